The van der Waals surface area contributed by atoms with Crippen LogP contribution >= 0.6 is 0 Å². The van der Waals surface area contributed by atoms with Crippen molar-refractivity contribution >= 4 is 12.4 Å². The molecule has 0 unspecified atom stereocenters. The fourth-order valence-corrected chi connectivity index (χ4v) is 0.523. The molecule has 1 aromatic heterocycles. The number of carbonyl (C=O) groups is 2. The number of nitrogens with zero attached hydrogens (tertiary/aromatic N) is 1. The van der Waals surface area contributed by atoms with E-state index in [9.17, 15) is 9.59 Å². The monoisotopic (exact) mass is 156 g/mol. The summed E-state index contributed by atoms with van der Waals surface area (Å²) in [4.78, 5) is 19.9. The molecule has 0 amide bonds. The lowest BCUT2D eigenvalue weighted by atomic mass is 10.4. The van der Waals surface area contributed by atoms with Crippen LogP contribution in [0.2, 0.25) is 0 Å². The molecule has 1 aromatic rings. The minimum Gasteiger partial charge on any atom is -0.477 e. The second-order valence-electron chi connectivity index (χ2n) is 1.64. The van der Waals surface area contributed by atoms with E-state index in [1.807, 2.05) is 0 Å². The minimum absolute atomic E-state index is 0.0580. The Kier molecular flexibility index (Phi) is 1.86. The highest BCUT2D eigenvalue weighted by Gasteiger charge is 2.07. The Balaban J connectivity index is 2.81. The molecule has 6 heteroatoms. The Morgan fingerprint density at radius 1 is 1.82 bits per heavy atom. The van der Waals surface area contributed by atoms with Crippen molar-refractivity contribution in [3.05, 3.63) is 11.8 Å². The number of carbonyl (C=O) groups excluding carboxylic acids is 1. The number of ether oxygens (including phenoxy) is 1. The summed E-state index contributed by atoms with van der Waals surface area (Å²) in [7, 11) is 0. The maximum absolute atomic E-state index is 10.2. The second-order valence-corrected chi connectivity index (χ2v) is 1.64. The molecule has 6 nitrogen and oxygen atoms in total. The molecule has 11 heavy (non-hydrogen) atoms. The van der Waals surface area contributed by atoms with E-state index < -0.39 is 5.97 Å². The summed E-state index contributed by atoms with van der Waals surface area (Å²) >= 11 is 0. The van der Waals surface area contributed by atoms with Crippen LogP contribution in [0.15, 0.2) is 6.07 Å². The molecule has 0 aromatic carbocycles. The van der Waals surface area contributed by atoms with Gasteiger partial charge >= 0.3 is 5.97 Å². The lowest BCUT2D eigenvalue weighted by Gasteiger charge is -1.83. The van der Waals surface area contributed by atoms with Gasteiger partial charge in [-0.15, -0.1) is 5.10 Å². The minimum atomic E-state index is -1.15. The number of nitrogens with one attached hydrogen (secondary N) is 1. The van der Waals surface area contributed by atoms with Gasteiger partial charge in [0.2, 0.25) is 5.88 Å². The zero-order valence-electron chi connectivity index (χ0n) is 5.27. The molecule has 0 aliphatic carbocycles. The number of aromatic amines is 1. The molecule has 58 valence electrons. The van der Waals surface area contributed by atoms with Crippen molar-refractivity contribution in [2.75, 3.05) is 0 Å². The van der Waals surface area contributed by atoms with Crippen molar-refractivity contribution in [1.29, 1.82) is 0 Å². The zero-order chi connectivity index (χ0) is 8.27. The third kappa shape index (κ3) is 1.54. The van der Waals surface area contributed by atoms with Crippen LogP contribution in [0.5, 0.6) is 5.88 Å². The predicted molar refractivity (Wildman–Crippen MR) is 32.2 cm³/mol. The van der Waals surface area contributed by atoms with Crippen LogP contribution in [-0.2, 0) is 4.79 Å². The summed E-state index contributed by atoms with van der Waals surface area (Å²) in [6, 6.07) is 1.11. The van der Waals surface area contributed by atoms with Gasteiger partial charge in [0.25, 0.3) is 6.47 Å². The number of hydrogen-bond acceptors (Lipinski definition) is 4. The van der Waals surface area contributed by atoms with Gasteiger partial charge in [-0.2, -0.15) is 0 Å². The zero-order valence-corrected chi connectivity index (χ0v) is 5.27. The van der Waals surface area contributed by atoms with Crippen LogP contribution < -0.4 is 4.74 Å². The summed E-state index contributed by atoms with van der Waals surface area (Å²) in [6.45, 7) is 0.168. The molecule has 2 N–H and O–H groups in total. The SMILES string of the molecule is O=COc1cc(C(=O)O)[nH]n1. The van der Waals surface area contributed by atoms with Crippen LogP contribution in [0.4, 0.5) is 0 Å². The van der Waals surface area contributed by atoms with Gasteiger partial charge in [-0.3, -0.25) is 9.89 Å². The molecule has 0 radical (unpaired) electrons. The highest BCUT2D eigenvalue weighted by atomic mass is 16.5. The first kappa shape index (κ1) is 7.26. The average Bonchev–Trinajstić information content (AvgIpc) is 2.37. The van der Waals surface area contributed by atoms with E-state index in [4.69, 9.17) is 5.11 Å². The highest BCUT2D eigenvalue weighted by molar-refractivity contribution is 5.85. The van der Waals surface area contributed by atoms with Gasteiger partial charge in [0.1, 0.15) is 5.69 Å². The molecular weight excluding hydrogens is 152 g/mol. The fourth-order valence-electron chi connectivity index (χ4n) is 0.523. The molecule has 0 spiro atoms. The molecular formula is C5H4N2O4. The van der Waals surface area contributed by atoms with Gasteiger partial charge in [-0.25, -0.2) is 4.79 Å². The van der Waals surface area contributed by atoms with Crippen molar-refractivity contribution in [2.45, 2.75) is 0 Å². The third-order valence-electron chi connectivity index (χ3n) is 0.954. The molecule has 0 fully saturated rings. The highest BCUT2D eigenvalue weighted by Crippen LogP contribution is 2.06. The summed E-state index contributed by atoms with van der Waals surface area (Å²) in [5, 5.41) is 13.9. The van der Waals surface area contributed by atoms with Crippen LogP contribution in [0.25, 0.3) is 0 Å². The standard InChI is InChI=1S/C5H4N2O4/c8-2-11-4-1-3(5(9)10)6-7-4/h1-2H,(H,6,7)(H,9,10). The second kappa shape index (κ2) is 2.82. The quantitative estimate of drug-likeness (QED) is 0.583. The number of aromatic carboxylic acids is 1. The van der Waals surface area contributed by atoms with Crippen LogP contribution in [-0.4, -0.2) is 27.7 Å². The summed E-state index contributed by atoms with van der Waals surface area (Å²) in [5.41, 5.74) is -0.123. The Morgan fingerprint density at radius 2 is 2.55 bits per heavy atom. The molecule has 1 heterocycles. The predicted octanol–water partition coefficient (Wildman–Crippen LogP) is -0.357. The number of hydrogen-bond donors (Lipinski definition) is 2. The first-order chi connectivity index (χ1) is 5.24. The number of rotatable bonds is 3. The Labute approximate surface area is 60.8 Å². The van der Waals surface area contributed by atoms with Crippen molar-refractivity contribution in [1.82, 2.24) is 10.2 Å². The molecule has 1 rings (SSSR count). The number of carboxylic acids is 1. The van der Waals surface area contributed by atoms with Crippen LogP contribution in [0, 0.1) is 0 Å². The molecule has 0 saturated carbocycles. The Morgan fingerprint density at radius 3 is 3.00 bits per heavy atom. The molecule has 0 saturated heterocycles. The van der Waals surface area contributed by atoms with Gasteiger partial charge in [0.15, 0.2) is 0 Å². The van der Waals surface area contributed by atoms with Crippen molar-refractivity contribution in [3.8, 4) is 5.88 Å². The molecule has 0 bridgehead atoms. The van der Waals surface area contributed by atoms with Crippen LogP contribution in [0.1, 0.15) is 10.5 Å². The smallest absolute Gasteiger partial charge is 0.354 e. The molecule has 0 aliphatic rings. The number of aromatic nitrogens is 2. The summed E-state index contributed by atoms with van der Waals surface area (Å²) < 4.78 is 4.25. The van der Waals surface area contributed by atoms with Gasteiger partial charge in [-0.05, 0) is 0 Å². The topological polar surface area (TPSA) is 92.3 Å². The van der Waals surface area contributed by atoms with E-state index in [0.717, 1.165) is 6.07 Å². The van der Waals surface area contributed by atoms with Gasteiger partial charge < -0.3 is 9.84 Å². The first-order valence-corrected chi connectivity index (χ1v) is 2.63. The maximum Gasteiger partial charge on any atom is 0.354 e. The Hall–Kier alpha value is -1.85. The third-order valence-corrected chi connectivity index (χ3v) is 0.954. The van der Waals surface area contributed by atoms with E-state index in [0.29, 0.717) is 0 Å². The van der Waals surface area contributed by atoms with E-state index in [2.05, 4.69) is 14.9 Å². The lowest BCUT2D eigenvalue weighted by Crippen LogP contribution is -1.95. The maximum atomic E-state index is 10.2. The first-order valence-electron chi connectivity index (χ1n) is 2.63. The largest absolute Gasteiger partial charge is 0.477 e. The number of H-pyrrole nitrogens is 1. The van der Waals surface area contributed by atoms with Crippen molar-refractivity contribution in [2.24, 2.45) is 0 Å². The lowest BCUT2D eigenvalue weighted by molar-refractivity contribution is -0.120. The molecule has 0 aliphatic heterocycles. The average molecular weight is 156 g/mol. The van der Waals surface area contributed by atoms with Crippen LogP contribution in [0.3, 0.4) is 0 Å². The van der Waals surface area contributed by atoms with E-state index >= 15 is 0 Å². The summed E-state index contributed by atoms with van der Waals surface area (Å²) in [5.74, 6) is -1.21. The number of carboxylic acid groups (broad SMARTS) is 1. The summed E-state index contributed by atoms with van der Waals surface area (Å²) in [6.07, 6.45) is 0. The van der Waals surface area contributed by atoms with E-state index in [-0.39, 0.29) is 18.0 Å². The van der Waals surface area contributed by atoms with Crippen molar-refractivity contribution in [3.63, 3.8) is 0 Å². The normalized spacial score (nSPS) is 9.09. The van der Waals surface area contributed by atoms with Crippen molar-refractivity contribution < 1.29 is 19.4 Å². The Bertz CT molecular complexity index is 280. The van der Waals surface area contributed by atoms with Gasteiger partial charge in [0, 0.05) is 6.07 Å². The molecule has 0 atom stereocenters. The van der Waals surface area contributed by atoms with E-state index in [1.165, 1.54) is 0 Å². The van der Waals surface area contributed by atoms with E-state index in [1.54, 1.807) is 0 Å². The van der Waals surface area contributed by atoms with Gasteiger partial charge in [-0.1, -0.05) is 0 Å². The van der Waals surface area contributed by atoms with Gasteiger partial charge in [0.05, 0.1) is 0 Å². The fraction of sp³-hybridized carbons (Fsp3) is 0.